The van der Waals surface area contributed by atoms with E-state index in [9.17, 15) is 8.42 Å². The van der Waals surface area contributed by atoms with Crippen molar-refractivity contribution >= 4 is 9.84 Å². The fraction of sp³-hybridized carbons (Fsp3) is 0.333. The van der Waals surface area contributed by atoms with E-state index in [4.69, 9.17) is 6.42 Å². The van der Waals surface area contributed by atoms with Gasteiger partial charge in [-0.2, -0.15) is 0 Å². The van der Waals surface area contributed by atoms with Crippen molar-refractivity contribution < 1.29 is 8.42 Å². The van der Waals surface area contributed by atoms with Crippen LogP contribution in [0, 0.1) is 12.3 Å². The average Bonchev–Trinajstić information content (AvgIpc) is 1.64. The predicted molar refractivity (Wildman–Crippen MR) is 37.4 cm³/mol. The molecule has 0 N–H and O–H groups in total. The number of sulfone groups is 1. The monoisotopic (exact) mass is 144 g/mol. The van der Waals surface area contributed by atoms with Crippen LogP contribution in [-0.2, 0) is 9.84 Å². The Labute approximate surface area is 55.5 Å². The van der Waals surface area contributed by atoms with Gasteiger partial charge in [-0.1, -0.05) is 6.58 Å². The van der Waals surface area contributed by atoms with Gasteiger partial charge in [0, 0.05) is 17.6 Å². The van der Waals surface area contributed by atoms with Gasteiger partial charge in [-0.15, -0.1) is 12.3 Å². The second kappa shape index (κ2) is 2.70. The highest BCUT2D eigenvalue weighted by Gasteiger charge is 2.04. The van der Waals surface area contributed by atoms with Crippen LogP contribution in [0.25, 0.3) is 0 Å². The quantitative estimate of drug-likeness (QED) is 0.531. The van der Waals surface area contributed by atoms with E-state index >= 15 is 0 Å². The maximum absolute atomic E-state index is 10.5. The summed E-state index contributed by atoms with van der Waals surface area (Å²) in [7, 11) is -3.10. The van der Waals surface area contributed by atoms with Gasteiger partial charge in [0.15, 0.2) is 9.84 Å². The van der Waals surface area contributed by atoms with Gasteiger partial charge in [-0.05, 0) is 0 Å². The Morgan fingerprint density at radius 2 is 2.22 bits per heavy atom. The number of allylic oxidation sites excluding steroid dienone is 1. The van der Waals surface area contributed by atoms with Gasteiger partial charge in [0.05, 0.1) is 0 Å². The van der Waals surface area contributed by atoms with Crippen LogP contribution in [-0.4, -0.2) is 14.7 Å². The lowest BCUT2D eigenvalue weighted by atomic mass is 10.4. The number of hydrogen-bond acceptors (Lipinski definition) is 2. The first-order valence-electron chi connectivity index (χ1n) is 2.30. The molecule has 0 rings (SSSR count). The number of hydrogen-bond donors (Lipinski definition) is 0. The van der Waals surface area contributed by atoms with Crippen LogP contribution in [0.4, 0.5) is 0 Å². The summed E-state index contributed by atoms with van der Waals surface area (Å²) in [6.07, 6.45) is 6.05. The Hall–Kier alpha value is -0.750. The summed E-state index contributed by atoms with van der Waals surface area (Å²) in [6.45, 7) is 3.29. The zero-order chi connectivity index (χ0) is 7.49. The summed E-state index contributed by atoms with van der Waals surface area (Å²) in [5, 5.41) is 0. The van der Waals surface area contributed by atoms with Crippen LogP contribution in [0.5, 0.6) is 0 Å². The van der Waals surface area contributed by atoms with E-state index in [1.807, 2.05) is 0 Å². The fourth-order valence-corrected chi connectivity index (χ4v) is 0.590. The summed E-state index contributed by atoms with van der Waals surface area (Å²) in [6, 6.07) is 0. The van der Waals surface area contributed by atoms with Crippen molar-refractivity contribution in [2.45, 2.75) is 6.42 Å². The zero-order valence-corrected chi connectivity index (χ0v) is 6.03. The molecule has 0 spiro atoms. The van der Waals surface area contributed by atoms with Gasteiger partial charge in [0.1, 0.15) is 0 Å². The molecule has 0 saturated heterocycles. The van der Waals surface area contributed by atoms with E-state index in [2.05, 4.69) is 12.5 Å². The molecule has 0 aromatic carbocycles. The molecule has 0 aliphatic rings. The largest absolute Gasteiger partial charge is 0.224 e. The maximum atomic E-state index is 10.5. The van der Waals surface area contributed by atoms with Gasteiger partial charge >= 0.3 is 0 Å². The molecule has 0 unspecified atom stereocenters. The van der Waals surface area contributed by atoms with Gasteiger partial charge in [0.2, 0.25) is 0 Å². The molecule has 0 atom stereocenters. The van der Waals surface area contributed by atoms with Crippen molar-refractivity contribution in [3.05, 3.63) is 11.5 Å². The molecule has 50 valence electrons. The minimum atomic E-state index is -3.10. The molecule has 0 bridgehead atoms. The van der Waals surface area contributed by atoms with Gasteiger partial charge in [0.25, 0.3) is 0 Å². The van der Waals surface area contributed by atoms with Gasteiger partial charge in [-0.25, -0.2) is 8.42 Å². The van der Waals surface area contributed by atoms with E-state index in [-0.39, 0.29) is 11.3 Å². The Balaban J connectivity index is 4.30. The molecule has 0 fully saturated rings. The Morgan fingerprint density at radius 1 is 1.78 bits per heavy atom. The molecule has 0 radical (unpaired) electrons. The lowest BCUT2D eigenvalue weighted by Crippen LogP contribution is -1.97. The third kappa shape index (κ3) is 2.94. The maximum Gasteiger partial charge on any atom is 0.172 e. The second-order valence-electron chi connectivity index (χ2n) is 1.69. The molecular weight excluding hydrogens is 136 g/mol. The lowest BCUT2D eigenvalue weighted by molar-refractivity contribution is 0.607. The van der Waals surface area contributed by atoms with Crippen molar-refractivity contribution in [1.82, 2.24) is 0 Å². The molecule has 0 aliphatic carbocycles. The van der Waals surface area contributed by atoms with E-state index < -0.39 is 9.84 Å². The number of rotatable bonds is 2. The van der Waals surface area contributed by atoms with Crippen molar-refractivity contribution in [3.63, 3.8) is 0 Å². The molecule has 0 saturated carbocycles. The summed E-state index contributed by atoms with van der Waals surface area (Å²) < 4.78 is 21.1. The third-order valence-corrected chi connectivity index (χ3v) is 2.02. The topological polar surface area (TPSA) is 34.1 Å². The zero-order valence-electron chi connectivity index (χ0n) is 5.22. The lowest BCUT2D eigenvalue weighted by Gasteiger charge is -1.93. The molecule has 0 aromatic rings. The average molecular weight is 144 g/mol. The van der Waals surface area contributed by atoms with Crippen LogP contribution < -0.4 is 0 Å². The first kappa shape index (κ1) is 8.25. The standard InChI is InChI=1S/C6H8O2S/c1-4-5-6(2)9(3,7)8/h1H,2,5H2,3H3. The highest BCUT2D eigenvalue weighted by Crippen LogP contribution is 2.03. The van der Waals surface area contributed by atoms with Crippen molar-refractivity contribution in [1.29, 1.82) is 0 Å². The number of terminal acetylenes is 1. The molecule has 2 nitrogen and oxygen atoms in total. The molecule has 3 heteroatoms. The normalized spacial score (nSPS) is 10.2. The van der Waals surface area contributed by atoms with Crippen LogP contribution in [0.15, 0.2) is 11.5 Å². The SMILES string of the molecule is C#CCC(=C)S(C)(=O)=O. The van der Waals surface area contributed by atoms with Crippen LogP contribution in [0.2, 0.25) is 0 Å². The van der Waals surface area contributed by atoms with Crippen LogP contribution >= 0.6 is 0 Å². The van der Waals surface area contributed by atoms with Crippen molar-refractivity contribution in [3.8, 4) is 12.3 Å². The molecular formula is C6H8O2S. The highest BCUT2D eigenvalue weighted by molar-refractivity contribution is 7.94. The molecule has 0 aromatic heterocycles. The van der Waals surface area contributed by atoms with Crippen LogP contribution in [0.3, 0.4) is 0 Å². The second-order valence-corrected chi connectivity index (χ2v) is 3.81. The summed E-state index contributed by atoms with van der Waals surface area (Å²) in [5.74, 6) is 2.20. The van der Waals surface area contributed by atoms with E-state index in [1.54, 1.807) is 0 Å². The van der Waals surface area contributed by atoms with Crippen molar-refractivity contribution in [2.75, 3.05) is 6.26 Å². The molecule has 9 heavy (non-hydrogen) atoms. The summed E-state index contributed by atoms with van der Waals surface area (Å²) >= 11 is 0. The summed E-state index contributed by atoms with van der Waals surface area (Å²) in [4.78, 5) is 0.102. The van der Waals surface area contributed by atoms with Crippen molar-refractivity contribution in [2.24, 2.45) is 0 Å². The first-order valence-corrected chi connectivity index (χ1v) is 4.19. The third-order valence-electron chi connectivity index (χ3n) is 0.824. The highest BCUT2D eigenvalue weighted by atomic mass is 32.2. The predicted octanol–water partition coefficient (Wildman–Crippen LogP) is 0.568. The minimum absolute atomic E-state index is 0.102. The Kier molecular flexibility index (Phi) is 2.47. The van der Waals surface area contributed by atoms with E-state index in [1.165, 1.54) is 0 Å². The Bertz CT molecular complexity index is 241. The molecule has 0 heterocycles. The first-order chi connectivity index (χ1) is 3.98. The Morgan fingerprint density at radius 3 is 2.33 bits per heavy atom. The smallest absolute Gasteiger partial charge is 0.172 e. The molecule has 0 aliphatic heterocycles. The summed E-state index contributed by atoms with van der Waals surface area (Å²) in [5.41, 5.74) is 0. The van der Waals surface area contributed by atoms with Crippen LogP contribution in [0.1, 0.15) is 6.42 Å². The van der Waals surface area contributed by atoms with E-state index in [0.29, 0.717) is 0 Å². The van der Waals surface area contributed by atoms with Gasteiger partial charge in [-0.3, -0.25) is 0 Å². The fourth-order valence-electron chi connectivity index (χ4n) is 0.245. The van der Waals surface area contributed by atoms with E-state index in [0.717, 1.165) is 6.26 Å². The minimum Gasteiger partial charge on any atom is -0.224 e. The molecule has 0 amide bonds. The van der Waals surface area contributed by atoms with Gasteiger partial charge < -0.3 is 0 Å².